The second kappa shape index (κ2) is 17.6. The first-order chi connectivity index (χ1) is 20.3. The summed E-state index contributed by atoms with van der Waals surface area (Å²) in [6.07, 6.45) is 29.4. The van der Waals surface area contributed by atoms with Crippen LogP contribution in [0.25, 0.3) is 17.2 Å². The standard InChI is InChI=1S/C38H44N4/c1-7-32(11-9-12-36(25-40)37-13-10-22-42-27-37)17-14-28(3)29(4)15-18-34-24-35(19-16-30(34)5)38(26-41)23-31(6)33(8-2)20-21-39/h7-10,12-27H,3-4,11,39-41H2,1-2,5-6H3/b12-9-,17-14-,18-15-,21-20-,31-23+,32-7-,33-8+,36-25+,38-26+. The summed E-state index contributed by atoms with van der Waals surface area (Å²) >= 11 is 0. The van der Waals surface area contributed by atoms with E-state index in [9.17, 15) is 0 Å². The summed E-state index contributed by atoms with van der Waals surface area (Å²) in [7, 11) is 0. The normalized spacial score (nSPS) is 14.1. The lowest BCUT2D eigenvalue weighted by Crippen LogP contribution is -1.92. The van der Waals surface area contributed by atoms with Crippen molar-refractivity contribution in [3.8, 4) is 0 Å². The third kappa shape index (κ3) is 10.1. The number of nitrogens with zero attached hydrogens (tertiary/aromatic N) is 1. The molecule has 6 N–H and O–H groups in total. The Kier molecular flexibility index (Phi) is 13.9. The molecule has 2 rings (SSSR count). The molecule has 1 aromatic carbocycles. The Labute approximate surface area is 252 Å². The molecule has 0 atom stereocenters. The zero-order valence-electron chi connectivity index (χ0n) is 25.3. The lowest BCUT2D eigenvalue weighted by molar-refractivity contribution is 1.26. The fourth-order valence-electron chi connectivity index (χ4n) is 4.10. The molecule has 216 valence electrons. The molecule has 4 heteroatoms. The van der Waals surface area contributed by atoms with E-state index in [0.717, 1.165) is 67.7 Å². The number of nitrogens with two attached hydrogens (primary N) is 3. The average Bonchev–Trinajstić information content (AvgIpc) is 3.01. The van der Waals surface area contributed by atoms with E-state index in [-0.39, 0.29) is 0 Å². The Morgan fingerprint density at radius 1 is 0.857 bits per heavy atom. The monoisotopic (exact) mass is 556 g/mol. The topological polar surface area (TPSA) is 90.9 Å². The predicted molar refractivity (Wildman–Crippen MR) is 185 cm³/mol. The second-order valence-electron chi connectivity index (χ2n) is 9.67. The van der Waals surface area contributed by atoms with Crippen LogP contribution in [0.15, 0.2) is 157 Å². The Bertz CT molecular complexity index is 1520. The largest absolute Gasteiger partial charge is 0.405 e. The van der Waals surface area contributed by atoms with Crippen molar-refractivity contribution in [1.29, 1.82) is 0 Å². The zero-order chi connectivity index (χ0) is 30.9. The van der Waals surface area contributed by atoms with Crippen LogP contribution >= 0.6 is 0 Å². The van der Waals surface area contributed by atoms with E-state index in [2.05, 4.69) is 73.6 Å². The molecule has 1 aromatic heterocycles. The van der Waals surface area contributed by atoms with Gasteiger partial charge in [-0.05, 0) is 120 Å². The minimum absolute atomic E-state index is 0.759. The van der Waals surface area contributed by atoms with Crippen molar-refractivity contribution in [2.45, 2.75) is 34.1 Å². The maximum atomic E-state index is 6.03. The van der Waals surface area contributed by atoms with Crippen LogP contribution in [0.1, 0.15) is 49.4 Å². The van der Waals surface area contributed by atoms with Crippen molar-refractivity contribution in [3.05, 3.63) is 179 Å². The number of hydrogen-bond donors (Lipinski definition) is 3. The highest BCUT2D eigenvalue weighted by atomic mass is 14.6. The number of pyridine rings is 1. The summed E-state index contributed by atoms with van der Waals surface area (Å²) in [4.78, 5) is 4.16. The van der Waals surface area contributed by atoms with Gasteiger partial charge in [-0.1, -0.05) is 80.0 Å². The smallest absolute Gasteiger partial charge is 0.0346 e. The summed E-state index contributed by atoms with van der Waals surface area (Å²) in [5.41, 5.74) is 28.5. The molecule has 2 aromatic rings. The minimum atomic E-state index is 0.759. The van der Waals surface area contributed by atoms with Crippen molar-refractivity contribution in [1.82, 2.24) is 4.98 Å². The van der Waals surface area contributed by atoms with Crippen LogP contribution in [-0.4, -0.2) is 4.98 Å². The fourth-order valence-corrected chi connectivity index (χ4v) is 4.10. The van der Waals surface area contributed by atoms with Gasteiger partial charge in [-0.3, -0.25) is 4.98 Å². The molecule has 1 heterocycles. The van der Waals surface area contributed by atoms with E-state index in [1.54, 1.807) is 31.0 Å². The van der Waals surface area contributed by atoms with Crippen LogP contribution in [0.3, 0.4) is 0 Å². The quantitative estimate of drug-likeness (QED) is 0.215. The zero-order valence-corrected chi connectivity index (χ0v) is 25.3. The van der Waals surface area contributed by atoms with E-state index in [1.807, 2.05) is 63.3 Å². The molecule has 0 aliphatic rings. The van der Waals surface area contributed by atoms with Gasteiger partial charge in [-0.25, -0.2) is 0 Å². The maximum Gasteiger partial charge on any atom is 0.0346 e. The predicted octanol–water partition coefficient (Wildman–Crippen LogP) is 8.63. The van der Waals surface area contributed by atoms with Gasteiger partial charge in [0.1, 0.15) is 0 Å². The highest BCUT2D eigenvalue weighted by molar-refractivity contribution is 5.78. The SMILES string of the molecule is C=C(/C=C\C(=C/C)C/C=C\C(=C/N)c1cccnc1)C(=C)/C=C\c1cc(C(/C=C(C)/C(/C=C\N)=C/C)=C/N)ccc1C. The van der Waals surface area contributed by atoms with Gasteiger partial charge in [0.15, 0.2) is 0 Å². The highest BCUT2D eigenvalue weighted by Crippen LogP contribution is 2.24. The molecular formula is C38H44N4. The first kappa shape index (κ1) is 33.1. The van der Waals surface area contributed by atoms with E-state index in [1.165, 1.54) is 0 Å². The number of hydrogen-bond acceptors (Lipinski definition) is 4. The Balaban J connectivity index is 2.12. The number of allylic oxidation sites excluding steroid dienone is 16. The van der Waals surface area contributed by atoms with E-state index in [4.69, 9.17) is 17.2 Å². The van der Waals surface area contributed by atoms with Crippen molar-refractivity contribution in [3.63, 3.8) is 0 Å². The first-order valence-electron chi connectivity index (χ1n) is 13.9. The molecule has 0 spiro atoms. The molecule has 0 unspecified atom stereocenters. The Morgan fingerprint density at radius 3 is 2.21 bits per heavy atom. The van der Waals surface area contributed by atoms with E-state index < -0.39 is 0 Å². The van der Waals surface area contributed by atoms with Gasteiger partial charge in [0.2, 0.25) is 0 Å². The molecule has 0 bridgehead atoms. The van der Waals surface area contributed by atoms with Crippen LogP contribution < -0.4 is 17.2 Å². The Hall–Kier alpha value is -5.09. The minimum Gasteiger partial charge on any atom is -0.405 e. The molecular weight excluding hydrogens is 512 g/mol. The van der Waals surface area contributed by atoms with Gasteiger partial charge in [0.05, 0.1) is 0 Å². The molecule has 0 saturated carbocycles. The van der Waals surface area contributed by atoms with Crippen LogP contribution in [0.5, 0.6) is 0 Å². The second-order valence-corrected chi connectivity index (χ2v) is 9.67. The third-order valence-corrected chi connectivity index (χ3v) is 6.78. The molecule has 42 heavy (non-hydrogen) atoms. The van der Waals surface area contributed by atoms with Crippen molar-refractivity contribution >= 4 is 17.2 Å². The number of rotatable bonds is 13. The summed E-state index contributed by atoms with van der Waals surface area (Å²) in [6.45, 7) is 16.6. The molecule has 0 aliphatic carbocycles. The molecule has 4 nitrogen and oxygen atoms in total. The molecule has 0 aliphatic heterocycles. The summed E-state index contributed by atoms with van der Waals surface area (Å²) in [5.74, 6) is 0. The molecule has 0 amide bonds. The van der Waals surface area contributed by atoms with Gasteiger partial charge < -0.3 is 17.2 Å². The lowest BCUT2D eigenvalue weighted by Gasteiger charge is -2.09. The summed E-state index contributed by atoms with van der Waals surface area (Å²) in [6, 6.07) is 10.2. The van der Waals surface area contributed by atoms with Gasteiger partial charge >= 0.3 is 0 Å². The van der Waals surface area contributed by atoms with Crippen LogP contribution in [0.2, 0.25) is 0 Å². The first-order valence-corrected chi connectivity index (χ1v) is 13.9. The van der Waals surface area contributed by atoms with Crippen LogP contribution in [0.4, 0.5) is 0 Å². The fraction of sp³-hybridized carbons (Fsp3) is 0.132. The third-order valence-electron chi connectivity index (χ3n) is 6.78. The van der Waals surface area contributed by atoms with Crippen molar-refractivity contribution in [2.75, 3.05) is 0 Å². The summed E-state index contributed by atoms with van der Waals surface area (Å²) < 4.78 is 0. The lowest BCUT2D eigenvalue weighted by atomic mass is 9.96. The number of aromatic nitrogens is 1. The maximum absolute atomic E-state index is 6.03. The number of aryl methyl sites for hydroxylation is 1. The Morgan fingerprint density at radius 2 is 1.60 bits per heavy atom. The highest BCUT2D eigenvalue weighted by Gasteiger charge is 2.05. The number of benzene rings is 1. The van der Waals surface area contributed by atoms with Crippen molar-refractivity contribution < 1.29 is 0 Å². The van der Waals surface area contributed by atoms with Gasteiger partial charge in [-0.2, -0.15) is 0 Å². The molecule has 0 radical (unpaired) electrons. The van der Waals surface area contributed by atoms with E-state index >= 15 is 0 Å². The van der Waals surface area contributed by atoms with Gasteiger partial charge in [0, 0.05) is 30.4 Å². The average molecular weight is 557 g/mol. The van der Waals surface area contributed by atoms with Gasteiger partial charge in [0.25, 0.3) is 0 Å². The van der Waals surface area contributed by atoms with Crippen LogP contribution in [-0.2, 0) is 0 Å². The summed E-state index contributed by atoms with van der Waals surface area (Å²) in [5, 5.41) is 0. The van der Waals surface area contributed by atoms with Crippen molar-refractivity contribution in [2.24, 2.45) is 17.2 Å². The van der Waals surface area contributed by atoms with Gasteiger partial charge in [-0.15, -0.1) is 0 Å². The van der Waals surface area contributed by atoms with E-state index in [0.29, 0.717) is 0 Å². The molecule has 0 fully saturated rings. The van der Waals surface area contributed by atoms with Crippen LogP contribution in [0, 0.1) is 6.92 Å². The molecule has 0 saturated heterocycles.